The van der Waals surface area contributed by atoms with Crippen LogP contribution < -0.4 is 10.6 Å². The number of rotatable bonds is 9. The van der Waals surface area contributed by atoms with Crippen molar-refractivity contribution in [1.29, 1.82) is 0 Å². The summed E-state index contributed by atoms with van der Waals surface area (Å²) in [5.41, 5.74) is 3.47. The molecule has 0 spiro atoms. The number of hydrogen-bond acceptors (Lipinski definition) is 6. The second-order valence-electron chi connectivity index (χ2n) is 7.36. The predicted octanol–water partition coefficient (Wildman–Crippen LogP) is 4.63. The van der Waals surface area contributed by atoms with E-state index < -0.39 is 24.7 Å². The lowest BCUT2D eigenvalue weighted by Crippen LogP contribution is -2.30. The smallest absolute Gasteiger partial charge is 0.352 e. The highest BCUT2D eigenvalue weighted by Gasteiger charge is 2.28. The van der Waals surface area contributed by atoms with Crippen molar-refractivity contribution in [1.82, 2.24) is 10.3 Å². The summed E-state index contributed by atoms with van der Waals surface area (Å²) in [7, 11) is 0. The van der Waals surface area contributed by atoms with E-state index in [0.717, 1.165) is 41.4 Å². The Hall–Kier alpha value is -2.50. The first-order valence-electron chi connectivity index (χ1n) is 10.4. The molecule has 2 heterocycles. The molecule has 1 aliphatic heterocycles. The zero-order chi connectivity index (χ0) is 25.1. The van der Waals surface area contributed by atoms with Crippen molar-refractivity contribution in [2.75, 3.05) is 25.1 Å². The highest BCUT2D eigenvalue weighted by molar-refractivity contribution is 7.98. The summed E-state index contributed by atoms with van der Waals surface area (Å²) >= 11 is 8.03. The number of benzene rings is 1. The second kappa shape index (κ2) is 13.4. The fourth-order valence-corrected chi connectivity index (χ4v) is 4.48. The number of nitrogens with one attached hydrogen (secondary N) is 2. The van der Waals surface area contributed by atoms with Gasteiger partial charge in [-0.1, -0.05) is 23.7 Å². The van der Waals surface area contributed by atoms with Gasteiger partial charge in [-0.2, -0.15) is 8.78 Å². The number of fused-ring (bicyclic) bond motifs is 1. The standard InChI is InChI=1S/C18H19ClF3N3S.C4H6O4/c19-15-3-2-13-5-7-23-8-6-14(13)17(15)26-10-12-1-4-16(24-9-12)25-18(21,22)11-20;5-3(6)1-2-4(7)8/h1-4,9,23H,5-8,10-11H2,(H,24,25);1-2H2,(H,5,6)(H,7,8). The maximum atomic E-state index is 13.0. The number of thioether (sulfide) groups is 1. The molecule has 0 amide bonds. The summed E-state index contributed by atoms with van der Waals surface area (Å²) < 4.78 is 38.2. The van der Waals surface area contributed by atoms with Gasteiger partial charge in [0.2, 0.25) is 0 Å². The van der Waals surface area contributed by atoms with Crippen LogP contribution in [0.15, 0.2) is 35.4 Å². The summed E-state index contributed by atoms with van der Waals surface area (Å²) in [5.74, 6) is -1.59. The van der Waals surface area contributed by atoms with Gasteiger partial charge in [0.1, 0.15) is 5.82 Å². The van der Waals surface area contributed by atoms with Crippen LogP contribution in [-0.2, 0) is 28.2 Å². The number of halogens is 4. The SMILES string of the molecule is FCC(F)(F)Nc1ccc(CSc2c(Cl)ccc3c2CCNCC3)cn1.O=C(O)CCC(=O)O. The number of anilines is 1. The second-order valence-corrected chi connectivity index (χ2v) is 8.75. The Kier molecular flexibility index (Phi) is 10.9. The normalized spacial score (nSPS) is 13.2. The Morgan fingerprint density at radius 3 is 2.38 bits per heavy atom. The van der Waals surface area contributed by atoms with E-state index >= 15 is 0 Å². The fraction of sp³-hybridized carbons (Fsp3) is 0.409. The van der Waals surface area contributed by atoms with Crippen molar-refractivity contribution >= 4 is 41.1 Å². The van der Waals surface area contributed by atoms with Gasteiger partial charge in [-0.15, -0.1) is 11.8 Å². The number of alkyl halides is 3. The molecule has 0 aliphatic carbocycles. The van der Waals surface area contributed by atoms with E-state index in [1.54, 1.807) is 23.1 Å². The third-order valence-corrected chi connectivity index (χ3v) is 6.33. The number of aliphatic carboxylic acids is 2. The molecule has 1 aliphatic rings. The predicted molar refractivity (Wildman–Crippen MR) is 125 cm³/mol. The highest BCUT2D eigenvalue weighted by Crippen LogP contribution is 2.36. The van der Waals surface area contributed by atoms with Crippen LogP contribution in [0, 0.1) is 0 Å². The Labute approximate surface area is 204 Å². The van der Waals surface area contributed by atoms with E-state index in [1.165, 1.54) is 23.4 Å². The van der Waals surface area contributed by atoms with Crippen molar-refractivity contribution in [2.24, 2.45) is 0 Å². The molecule has 0 atom stereocenters. The Balaban J connectivity index is 0.000000440. The largest absolute Gasteiger partial charge is 0.481 e. The molecule has 0 saturated carbocycles. The van der Waals surface area contributed by atoms with Crippen LogP contribution in [0.5, 0.6) is 0 Å². The maximum absolute atomic E-state index is 13.0. The van der Waals surface area contributed by atoms with Gasteiger partial charge >= 0.3 is 18.0 Å². The lowest BCUT2D eigenvalue weighted by molar-refractivity contribution is -0.143. The van der Waals surface area contributed by atoms with Crippen molar-refractivity contribution < 1.29 is 33.0 Å². The lowest BCUT2D eigenvalue weighted by atomic mass is 10.0. The summed E-state index contributed by atoms with van der Waals surface area (Å²) in [6.45, 7) is 0.102. The van der Waals surface area contributed by atoms with E-state index in [9.17, 15) is 22.8 Å². The van der Waals surface area contributed by atoms with Crippen LogP contribution in [0.4, 0.5) is 19.0 Å². The summed E-state index contributed by atoms with van der Waals surface area (Å²) in [4.78, 5) is 24.3. The molecule has 1 aromatic heterocycles. The van der Waals surface area contributed by atoms with Crippen LogP contribution >= 0.6 is 23.4 Å². The molecule has 4 N–H and O–H groups in total. The van der Waals surface area contributed by atoms with Gasteiger partial charge in [0.15, 0.2) is 6.67 Å². The number of hydrogen-bond donors (Lipinski definition) is 4. The third kappa shape index (κ3) is 9.40. The average molecular weight is 520 g/mol. The van der Waals surface area contributed by atoms with Gasteiger partial charge in [0.05, 0.1) is 17.9 Å². The monoisotopic (exact) mass is 519 g/mol. The molecule has 2 aromatic rings. The van der Waals surface area contributed by atoms with Crippen LogP contribution in [0.3, 0.4) is 0 Å². The first kappa shape index (κ1) is 27.7. The van der Waals surface area contributed by atoms with Crippen LogP contribution in [0.1, 0.15) is 29.5 Å². The Morgan fingerprint density at radius 2 is 1.79 bits per heavy atom. The van der Waals surface area contributed by atoms with Crippen LogP contribution in [0.25, 0.3) is 0 Å². The van der Waals surface area contributed by atoms with Crippen LogP contribution in [-0.4, -0.2) is 52.9 Å². The zero-order valence-corrected chi connectivity index (χ0v) is 19.7. The fourth-order valence-electron chi connectivity index (χ4n) is 3.04. The summed E-state index contributed by atoms with van der Waals surface area (Å²) in [6, 6.07) is 3.54. The van der Waals surface area contributed by atoms with E-state index in [2.05, 4.69) is 16.4 Å². The molecule has 186 valence electrons. The molecule has 0 unspecified atom stereocenters. The van der Waals surface area contributed by atoms with E-state index in [1.807, 2.05) is 6.07 Å². The lowest BCUT2D eigenvalue weighted by Gasteiger charge is -2.15. The molecular formula is C22H25ClF3N3O4S. The first-order valence-corrected chi connectivity index (χ1v) is 11.7. The van der Waals surface area contributed by atoms with Gasteiger partial charge in [0, 0.05) is 16.8 Å². The quantitative estimate of drug-likeness (QED) is 0.280. The van der Waals surface area contributed by atoms with Gasteiger partial charge in [-0.3, -0.25) is 9.59 Å². The van der Waals surface area contributed by atoms with Crippen LogP contribution in [0.2, 0.25) is 5.02 Å². The maximum Gasteiger partial charge on any atom is 0.352 e. The summed E-state index contributed by atoms with van der Waals surface area (Å²) in [5, 5.41) is 21.7. The van der Waals surface area contributed by atoms with Gasteiger partial charge in [-0.25, -0.2) is 9.37 Å². The molecule has 0 fully saturated rings. The molecule has 3 rings (SSSR count). The van der Waals surface area contributed by atoms with E-state index in [4.69, 9.17) is 21.8 Å². The molecule has 12 heteroatoms. The van der Waals surface area contributed by atoms with Crippen molar-refractivity contribution in [2.45, 2.75) is 42.4 Å². The van der Waals surface area contributed by atoms with E-state index in [0.29, 0.717) is 5.75 Å². The Bertz CT molecular complexity index is 967. The number of nitrogens with zero attached hydrogens (tertiary/aromatic N) is 1. The molecule has 1 aromatic carbocycles. The highest BCUT2D eigenvalue weighted by atomic mass is 35.5. The molecule has 34 heavy (non-hydrogen) atoms. The molecular weight excluding hydrogens is 495 g/mol. The number of carboxylic acid groups (broad SMARTS) is 2. The van der Waals surface area contributed by atoms with Gasteiger partial charge in [0.25, 0.3) is 0 Å². The van der Waals surface area contributed by atoms with Crippen molar-refractivity contribution in [3.05, 3.63) is 52.2 Å². The molecule has 0 bridgehead atoms. The van der Waals surface area contributed by atoms with Crippen molar-refractivity contribution in [3.8, 4) is 0 Å². The molecule has 0 radical (unpaired) electrons. The number of carbonyl (C=O) groups is 2. The number of carboxylic acids is 2. The first-order chi connectivity index (χ1) is 16.1. The topological polar surface area (TPSA) is 112 Å². The molecule has 7 nitrogen and oxygen atoms in total. The Morgan fingerprint density at radius 1 is 1.12 bits per heavy atom. The van der Waals surface area contributed by atoms with Gasteiger partial charge < -0.3 is 20.8 Å². The summed E-state index contributed by atoms with van der Waals surface area (Å²) in [6.07, 6.45) is 2.83. The van der Waals surface area contributed by atoms with E-state index in [-0.39, 0.29) is 18.7 Å². The number of aromatic nitrogens is 1. The third-order valence-electron chi connectivity index (χ3n) is 4.67. The minimum absolute atomic E-state index is 0.0564. The zero-order valence-electron chi connectivity index (χ0n) is 18.1. The molecule has 0 saturated heterocycles. The number of pyridine rings is 1. The minimum atomic E-state index is -3.60. The minimum Gasteiger partial charge on any atom is -0.481 e. The van der Waals surface area contributed by atoms with Crippen molar-refractivity contribution in [3.63, 3.8) is 0 Å². The average Bonchev–Trinajstić information content (AvgIpc) is 3.04. The van der Waals surface area contributed by atoms with Gasteiger partial charge in [-0.05, 0) is 54.8 Å².